The molecule has 0 bridgehead atoms. The van der Waals surface area contributed by atoms with Gasteiger partial charge in [0.25, 0.3) is 5.91 Å². The highest BCUT2D eigenvalue weighted by molar-refractivity contribution is 6.29. The molecule has 3 aromatic rings. The van der Waals surface area contributed by atoms with Crippen molar-refractivity contribution >= 4 is 23.2 Å². The lowest BCUT2D eigenvalue weighted by molar-refractivity contribution is -0.111. The van der Waals surface area contributed by atoms with Crippen molar-refractivity contribution in [2.24, 2.45) is 0 Å². The maximum absolute atomic E-state index is 13.9. The molecule has 0 heterocycles. The molecule has 0 fully saturated rings. The summed E-state index contributed by atoms with van der Waals surface area (Å²) in [5.74, 6) is -0.117. The zero-order valence-electron chi connectivity index (χ0n) is 14.3. The third-order valence-electron chi connectivity index (χ3n) is 3.88. The van der Waals surface area contributed by atoms with Crippen molar-refractivity contribution in [3.8, 4) is 5.75 Å². The van der Waals surface area contributed by atoms with Gasteiger partial charge in [-0.3, -0.25) is 4.79 Å². The molecular formula is C22H18FNO2. The topological polar surface area (TPSA) is 38.3 Å². The number of benzene rings is 3. The van der Waals surface area contributed by atoms with E-state index in [1.54, 1.807) is 25.3 Å². The Balaban J connectivity index is 1.96. The lowest BCUT2D eigenvalue weighted by Crippen LogP contribution is -2.14. The zero-order chi connectivity index (χ0) is 18.4. The molecule has 1 amide bonds. The van der Waals surface area contributed by atoms with Crippen molar-refractivity contribution in [3.63, 3.8) is 0 Å². The normalized spacial score (nSPS) is 11.1. The first-order valence-electron chi connectivity index (χ1n) is 8.14. The van der Waals surface area contributed by atoms with E-state index in [0.717, 1.165) is 16.9 Å². The van der Waals surface area contributed by atoms with Gasteiger partial charge in [0.05, 0.1) is 12.8 Å². The minimum absolute atomic E-state index is 0.147. The second kappa shape index (κ2) is 8.12. The van der Waals surface area contributed by atoms with Crippen LogP contribution in [0.1, 0.15) is 11.1 Å². The molecule has 3 aromatic carbocycles. The summed E-state index contributed by atoms with van der Waals surface area (Å²) in [4.78, 5) is 12.8. The molecule has 1 N–H and O–H groups in total. The summed E-state index contributed by atoms with van der Waals surface area (Å²) >= 11 is 0. The van der Waals surface area contributed by atoms with Gasteiger partial charge >= 0.3 is 0 Å². The number of halogens is 1. The molecule has 130 valence electrons. The van der Waals surface area contributed by atoms with E-state index in [1.165, 1.54) is 12.1 Å². The van der Waals surface area contributed by atoms with E-state index in [4.69, 9.17) is 4.74 Å². The van der Waals surface area contributed by atoms with E-state index in [9.17, 15) is 9.18 Å². The third-order valence-corrected chi connectivity index (χ3v) is 3.88. The molecule has 26 heavy (non-hydrogen) atoms. The zero-order valence-corrected chi connectivity index (χ0v) is 14.3. The van der Waals surface area contributed by atoms with Gasteiger partial charge < -0.3 is 10.1 Å². The number of rotatable bonds is 5. The molecule has 0 saturated carbocycles. The maximum atomic E-state index is 13.9. The summed E-state index contributed by atoms with van der Waals surface area (Å²) in [5.41, 5.74) is 2.18. The second-order valence-electron chi connectivity index (χ2n) is 5.63. The van der Waals surface area contributed by atoms with E-state index in [1.807, 2.05) is 54.6 Å². The standard InChI is InChI=1S/C22H18FNO2/c1-26-18-13-11-16(12-14-18)15-19(17-7-3-2-4-8-17)22(25)24-21-10-6-5-9-20(21)23/h2-15H,1H3,(H,24,25). The first-order valence-corrected chi connectivity index (χ1v) is 8.14. The second-order valence-corrected chi connectivity index (χ2v) is 5.63. The van der Waals surface area contributed by atoms with Gasteiger partial charge in [-0.2, -0.15) is 0 Å². The third kappa shape index (κ3) is 4.16. The van der Waals surface area contributed by atoms with Crippen molar-refractivity contribution in [3.05, 3.63) is 95.8 Å². The Hall–Kier alpha value is -3.40. The highest BCUT2D eigenvalue weighted by atomic mass is 19.1. The summed E-state index contributed by atoms with van der Waals surface area (Å²) in [6.45, 7) is 0. The Morgan fingerprint density at radius 2 is 1.58 bits per heavy atom. The molecule has 0 aromatic heterocycles. The SMILES string of the molecule is COc1ccc(C=C(C(=O)Nc2ccccc2F)c2ccccc2)cc1. The number of hydrogen-bond donors (Lipinski definition) is 1. The number of methoxy groups -OCH3 is 1. The van der Waals surface area contributed by atoms with Gasteiger partial charge in [0.1, 0.15) is 11.6 Å². The van der Waals surface area contributed by atoms with E-state index in [0.29, 0.717) is 5.57 Å². The van der Waals surface area contributed by atoms with Crippen molar-refractivity contribution in [2.45, 2.75) is 0 Å². The van der Waals surface area contributed by atoms with Crippen molar-refractivity contribution in [1.82, 2.24) is 0 Å². The number of nitrogens with one attached hydrogen (secondary N) is 1. The lowest BCUT2D eigenvalue weighted by atomic mass is 10.0. The van der Waals surface area contributed by atoms with E-state index >= 15 is 0 Å². The molecule has 4 heteroatoms. The molecule has 3 nitrogen and oxygen atoms in total. The minimum Gasteiger partial charge on any atom is -0.497 e. The summed E-state index contributed by atoms with van der Waals surface area (Å²) < 4.78 is 19.0. The summed E-state index contributed by atoms with van der Waals surface area (Å²) in [5, 5.41) is 2.64. The van der Waals surface area contributed by atoms with Crippen LogP contribution >= 0.6 is 0 Å². The van der Waals surface area contributed by atoms with Crippen molar-refractivity contribution < 1.29 is 13.9 Å². The monoisotopic (exact) mass is 347 g/mol. The maximum Gasteiger partial charge on any atom is 0.256 e. The molecule has 0 aliphatic heterocycles. The van der Waals surface area contributed by atoms with E-state index < -0.39 is 5.82 Å². The van der Waals surface area contributed by atoms with Crippen LogP contribution in [0.5, 0.6) is 5.75 Å². The van der Waals surface area contributed by atoms with Gasteiger partial charge in [0.15, 0.2) is 0 Å². The number of carbonyl (C=O) groups excluding carboxylic acids is 1. The molecule has 0 aliphatic carbocycles. The van der Waals surface area contributed by atoms with Gasteiger partial charge in [0.2, 0.25) is 0 Å². The number of anilines is 1. The van der Waals surface area contributed by atoms with Crippen LogP contribution in [0.15, 0.2) is 78.9 Å². The van der Waals surface area contributed by atoms with Gasteiger partial charge in [-0.1, -0.05) is 54.6 Å². The molecule has 0 saturated heterocycles. The predicted molar refractivity (Wildman–Crippen MR) is 102 cm³/mol. The average Bonchev–Trinajstić information content (AvgIpc) is 2.69. The van der Waals surface area contributed by atoms with Crippen LogP contribution in [0, 0.1) is 5.82 Å². The minimum atomic E-state index is -0.474. The Labute approximate surface area is 151 Å². The van der Waals surface area contributed by atoms with E-state index in [-0.39, 0.29) is 11.6 Å². The number of ether oxygens (including phenoxy) is 1. The van der Waals surface area contributed by atoms with Crippen molar-refractivity contribution in [2.75, 3.05) is 12.4 Å². The molecule has 0 aliphatic rings. The predicted octanol–water partition coefficient (Wildman–Crippen LogP) is 5.01. The van der Waals surface area contributed by atoms with Crippen LogP contribution in [0.4, 0.5) is 10.1 Å². The first-order chi connectivity index (χ1) is 12.7. The van der Waals surface area contributed by atoms with Crippen LogP contribution in [-0.2, 0) is 4.79 Å². The van der Waals surface area contributed by atoms with Crippen LogP contribution in [-0.4, -0.2) is 13.0 Å². The molecular weight excluding hydrogens is 329 g/mol. The Morgan fingerprint density at radius 3 is 2.23 bits per heavy atom. The van der Waals surface area contributed by atoms with Gasteiger partial charge in [-0.25, -0.2) is 4.39 Å². The number of carbonyl (C=O) groups is 1. The van der Waals surface area contributed by atoms with Crippen LogP contribution in [0.25, 0.3) is 11.6 Å². The molecule has 0 radical (unpaired) electrons. The van der Waals surface area contributed by atoms with Crippen LogP contribution < -0.4 is 10.1 Å². The van der Waals surface area contributed by atoms with Crippen LogP contribution in [0.3, 0.4) is 0 Å². The highest BCUT2D eigenvalue weighted by Crippen LogP contribution is 2.23. The fourth-order valence-corrected chi connectivity index (χ4v) is 2.52. The largest absolute Gasteiger partial charge is 0.497 e. The summed E-state index contributed by atoms with van der Waals surface area (Å²) in [6, 6.07) is 22.7. The average molecular weight is 347 g/mol. The molecule has 0 unspecified atom stereocenters. The van der Waals surface area contributed by atoms with Gasteiger partial charge in [0, 0.05) is 5.57 Å². The number of para-hydroxylation sites is 1. The van der Waals surface area contributed by atoms with Crippen molar-refractivity contribution in [1.29, 1.82) is 0 Å². The first kappa shape index (κ1) is 17.4. The Morgan fingerprint density at radius 1 is 0.923 bits per heavy atom. The summed E-state index contributed by atoms with van der Waals surface area (Å²) in [7, 11) is 1.60. The van der Waals surface area contributed by atoms with Crippen LogP contribution in [0.2, 0.25) is 0 Å². The molecule has 0 spiro atoms. The Kier molecular flexibility index (Phi) is 5.44. The quantitative estimate of drug-likeness (QED) is 0.520. The fraction of sp³-hybridized carbons (Fsp3) is 0.0455. The summed E-state index contributed by atoms with van der Waals surface area (Å²) in [6.07, 6.45) is 1.77. The number of hydrogen-bond acceptors (Lipinski definition) is 2. The molecule has 0 atom stereocenters. The van der Waals surface area contributed by atoms with Gasteiger partial charge in [-0.15, -0.1) is 0 Å². The number of amides is 1. The molecule has 3 rings (SSSR count). The van der Waals surface area contributed by atoms with E-state index in [2.05, 4.69) is 5.32 Å². The Bertz CT molecular complexity index is 918. The highest BCUT2D eigenvalue weighted by Gasteiger charge is 2.14. The van der Waals surface area contributed by atoms with Gasteiger partial charge in [-0.05, 0) is 41.5 Å². The fourth-order valence-electron chi connectivity index (χ4n) is 2.52. The lowest BCUT2D eigenvalue weighted by Gasteiger charge is -2.10. The smallest absolute Gasteiger partial charge is 0.256 e.